The second-order valence-electron chi connectivity index (χ2n) is 12.8. The minimum Gasteiger partial charge on any atom is -0.461 e. The van der Waals surface area contributed by atoms with Crippen molar-refractivity contribution in [2.45, 2.75) is 129 Å². The van der Waals surface area contributed by atoms with Gasteiger partial charge in [0.05, 0.1) is 18.6 Å². The van der Waals surface area contributed by atoms with Crippen molar-refractivity contribution in [1.82, 2.24) is 0 Å². The minimum atomic E-state index is -1.99. The van der Waals surface area contributed by atoms with Crippen molar-refractivity contribution >= 4 is 14.3 Å². The molecular weight excluding hydrogens is 488 g/mol. The fourth-order valence-electron chi connectivity index (χ4n) is 4.68. The molecule has 0 N–H and O–H groups in total. The Morgan fingerprint density at radius 1 is 0.895 bits per heavy atom. The van der Waals surface area contributed by atoms with Crippen LogP contribution in [0.25, 0.3) is 0 Å². The maximum absolute atomic E-state index is 12.9. The molecule has 0 amide bonds. The molecule has 0 bridgehead atoms. The van der Waals surface area contributed by atoms with Crippen LogP contribution in [0.2, 0.25) is 18.1 Å². The van der Waals surface area contributed by atoms with E-state index in [1.807, 2.05) is 18.2 Å². The van der Waals surface area contributed by atoms with E-state index in [1.54, 1.807) is 0 Å². The van der Waals surface area contributed by atoms with Gasteiger partial charge in [-0.3, -0.25) is 0 Å². The number of ether oxygens (including phenoxy) is 2. The van der Waals surface area contributed by atoms with Gasteiger partial charge in [0, 0.05) is 12.2 Å². The van der Waals surface area contributed by atoms with Gasteiger partial charge in [-0.2, -0.15) is 0 Å². The Morgan fingerprint density at radius 2 is 1.47 bits per heavy atom. The van der Waals surface area contributed by atoms with Crippen LogP contribution in [0.1, 0.15) is 110 Å². The predicted octanol–water partition coefficient (Wildman–Crippen LogP) is 9.40. The lowest BCUT2D eigenvalue weighted by Crippen LogP contribution is -2.46. The molecular formula is C33H56O4Si. The van der Waals surface area contributed by atoms with Gasteiger partial charge in [0.1, 0.15) is 6.61 Å². The summed E-state index contributed by atoms with van der Waals surface area (Å²) in [5.41, 5.74) is 1.35. The zero-order valence-corrected chi connectivity index (χ0v) is 26.4. The number of benzene rings is 1. The first-order chi connectivity index (χ1) is 18.1. The first kappa shape index (κ1) is 32.8. The van der Waals surface area contributed by atoms with E-state index < -0.39 is 13.7 Å². The number of unbranched alkanes of at least 4 members (excludes halogenated alkanes) is 11. The highest BCUT2D eigenvalue weighted by Crippen LogP contribution is 2.41. The van der Waals surface area contributed by atoms with E-state index in [1.165, 1.54) is 64.2 Å². The van der Waals surface area contributed by atoms with Gasteiger partial charge in [-0.1, -0.05) is 128 Å². The summed E-state index contributed by atoms with van der Waals surface area (Å²) in [5.74, 6) is -0.199. The van der Waals surface area contributed by atoms with Crippen LogP contribution in [0.4, 0.5) is 0 Å². The number of carbonyl (C=O) groups excluding carboxylic acids is 1. The van der Waals surface area contributed by atoms with Gasteiger partial charge < -0.3 is 13.9 Å². The molecule has 38 heavy (non-hydrogen) atoms. The average molecular weight is 545 g/mol. The van der Waals surface area contributed by atoms with Crippen LogP contribution < -0.4 is 0 Å². The normalized spacial score (nSPS) is 19.3. The van der Waals surface area contributed by atoms with Crippen molar-refractivity contribution in [3.05, 3.63) is 47.5 Å². The Balaban J connectivity index is 1.92. The van der Waals surface area contributed by atoms with Crippen molar-refractivity contribution in [2.75, 3.05) is 19.8 Å². The van der Waals surface area contributed by atoms with E-state index in [0.29, 0.717) is 26.4 Å². The Kier molecular flexibility index (Phi) is 14.3. The van der Waals surface area contributed by atoms with Gasteiger partial charge in [0.25, 0.3) is 0 Å². The minimum absolute atomic E-state index is 0.0991. The maximum atomic E-state index is 12.9. The molecule has 1 heterocycles. The summed E-state index contributed by atoms with van der Waals surface area (Å²) < 4.78 is 18.5. The summed E-state index contributed by atoms with van der Waals surface area (Å²) in [6, 6.07) is 10.2. The zero-order chi connectivity index (χ0) is 27.9. The van der Waals surface area contributed by atoms with Crippen molar-refractivity contribution in [3.8, 4) is 0 Å². The van der Waals surface area contributed by atoms with E-state index in [-0.39, 0.29) is 11.0 Å². The lowest BCUT2D eigenvalue weighted by molar-refractivity contribution is -0.135. The average Bonchev–Trinajstić information content (AvgIpc) is 3.19. The molecule has 216 valence electrons. The fourth-order valence-corrected chi connectivity index (χ4v) is 5.75. The first-order valence-electron chi connectivity index (χ1n) is 15.2. The molecule has 1 unspecified atom stereocenters. The second-order valence-corrected chi connectivity index (χ2v) is 17.6. The Hall–Kier alpha value is -1.43. The molecule has 2 rings (SSSR count). The van der Waals surface area contributed by atoms with Crippen molar-refractivity contribution in [1.29, 1.82) is 0 Å². The highest BCUT2D eigenvalue weighted by atomic mass is 28.4. The molecule has 1 aromatic rings. The lowest BCUT2D eigenvalue weighted by Gasteiger charge is -2.39. The molecule has 0 saturated carbocycles. The van der Waals surface area contributed by atoms with Crippen LogP contribution in [0.3, 0.4) is 0 Å². The zero-order valence-electron chi connectivity index (χ0n) is 25.4. The number of rotatable bonds is 19. The summed E-state index contributed by atoms with van der Waals surface area (Å²) in [4.78, 5) is 12.9. The first-order valence-corrected chi connectivity index (χ1v) is 18.2. The molecule has 4 nitrogen and oxygen atoms in total. The second kappa shape index (κ2) is 16.6. The number of carbonyl (C=O) groups is 1. The third-order valence-electron chi connectivity index (χ3n) is 8.43. The van der Waals surface area contributed by atoms with E-state index in [4.69, 9.17) is 13.9 Å². The molecule has 0 aromatic heterocycles. The van der Waals surface area contributed by atoms with Crippen LogP contribution in [0.15, 0.2) is 42.0 Å². The van der Waals surface area contributed by atoms with Crippen LogP contribution in [0, 0.1) is 5.41 Å². The van der Waals surface area contributed by atoms with Crippen LogP contribution in [0.5, 0.6) is 0 Å². The number of hydrogen-bond acceptors (Lipinski definition) is 4. The Bertz CT molecular complexity index is 827. The fraction of sp³-hybridized carbons (Fsp3) is 0.727. The van der Waals surface area contributed by atoms with Gasteiger partial charge in [-0.25, -0.2) is 4.79 Å². The molecule has 1 fully saturated rings. The number of hydrogen-bond donors (Lipinski definition) is 0. The van der Waals surface area contributed by atoms with Crippen LogP contribution in [-0.4, -0.2) is 34.1 Å². The molecule has 1 aromatic carbocycles. The third-order valence-corrected chi connectivity index (χ3v) is 12.9. The molecule has 0 radical (unpaired) electrons. The lowest BCUT2D eigenvalue weighted by atomic mass is 9.83. The van der Waals surface area contributed by atoms with E-state index in [9.17, 15) is 4.79 Å². The molecule has 1 atom stereocenters. The summed E-state index contributed by atoms with van der Waals surface area (Å²) in [7, 11) is -1.99. The highest BCUT2D eigenvalue weighted by molar-refractivity contribution is 6.74. The predicted molar refractivity (Wildman–Crippen MR) is 162 cm³/mol. The molecule has 1 saturated heterocycles. The van der Waals surface area contributed by atoms with Gasteiger partial charge in [0.15, 0.2) is 8.32 Å². The summed E-state index contributed by atoms with van der Waals surface area (Å²) >= 11 is 0. The smallest absolute Gasteiger partial charge is 0.334 e. The molecule has 1 aliphatic rings. The SMILES string of the molecule is CCCCCCCCCCCCCC=C1C(=O)OCC1(COCc1ccccc1)CO[Si](C)(C)C(C)(C)C. The van der Waals surface area contributed by atoms with Gasteiger partial charge in [0.2, 0.25) is 0 Å². The van der Waals surface area contributed by atoms with E-state index in [2.05, 4.69) is 59.0 Å². The highest BCUT2D eigenvalue weighted by Gasteiger charge is 2.48. The Labute approximate surface area is 235 Å². The largest absolute Gasteiger partial charge is 0.461 e. The number of allylic oxidation sites excluding steroid dienone is 1. The van der Waals surface area contributed by atoms with Crippen molar-refractivity contribution in [3.63, 3.8) is 0 Å². The number of cyclic esters (lactones) is 1. The van der Waals surface area contributed by atoms with Crippen LogP contribution in [-0.2, 0) is 25.3 Å². The molecule has 1 aliphatic heterocycles. The van der Waals surface area contributed by atoms with E-state index >= 15 is 0 Å². The molecule has 0 aliphatic carbocycles. The van der Waals surface area contributed by atoms with Gasteiger partial charge in [-0.15, -0.1) is 0 Å². The van der Waals surface area contributed by atoms with Gasteiger partial charge in [-0.05, 0) is 36.5 Å². The monoisotopic (exact) mass is 544 g/mol. The third kappa shape index (κ3) is 11.0. The standard InChI is InChI=1S/C33H56O4Si/c1-7-8-9-10-11-12-13-14-15-16-17-21-24-30-31(34)36-27-33(30,28-37-38(5,6)32(2,3)4)26-35-25-29-22-19-18-20-23-29/h18-20,22-24H,7-17,21,25-28H2,1-6H3. The summed E-state index contributed by atoms with van der Waals surface area (Å²) in [5, 5.41) is 0.0991. The van der Waals surface area contributed by atoms with Crippen molar-refractivity contribution in [2.24, 2.45) is 5.41 Å². The van der Waals surface area contributed by atoms with Crippen LogP contribution >= 0.6 is 0 Å². The maximum Gasteiger partial charge on any atom is 0.334 e. The topological polar surface area (TPSA) is 44.8 Å². The Morgan fingerprint density at radius 3 is 2.05 bits per heavy atom. The number of esters is 1. The molecule has 0 spiro atoms. The summed E-state index contributed by atoms with van der Waals surface area (Å²) in [6.45, 7) is 15.3. The summed E-state index contributed by atoms with van der Waals surface area (Å²) in [6.07, 6.45) is 17.6. The van der Waals surface area contributed by atoms with E-state index in [0.717, 1.165) is 24.0 Å². The quantitative estimate of drug-likeness (QED) is 0.0753. The van der Waals surface area contributed by atoms with Gasteiger partial charge >= 0.3 is 5.97 Å². The van der Waals surface area contributed by atoms with Crippen molar-refractivity contribution < 1.29 is 18.7 Å². The molecule has 5 heteroatoms.